The molecular formula is C14H14N2O4S. The van der Waals surface area contributed by atoms with Crippen molar-refractivity contribution >= 4 is 28.3 Å². The third-order valence-electron chi connectivity index (χ3n) is 2.67. The first-order valence-corrected chi connectivity index (χ1v) is 7.13. The van der Waals surface area contributed by atoms with Crippen LogP contribution in [0, 0.1) is 6.92 Å². The molecule has 0 spiro atoms. The second kappa shape index (κ2) is 6.36. The molecule has 0 aliphatic carbocycles. The number of rotatable bonds is 3. The molecule has 1 heterocycles. The van der Waals surface area contributed by atoms with Crippen LogP contribution in [0.5, 0.6) is 5.75 Å². The van der Waals surface area contributed by atoms with E-state index in [9.17, 15) is 14.7 Å². The maximum Gasteiger partial charge on any atom is 0.397 e. The number of phenolic OH excluding ortho intramolecular Hbond substituents is 1. The molecule has 7 heteroatoms. The fourth-order valence-electron chi connectivity index (χ4n) is 1.73. The SMILES string of the molecule is CCOC(=O)C(=O)Nc1nc(-c2ccc(O)cc2C)cs1. The molecule has 0 aliphatic heterocycles. The Morgan fingerprint density at radius 2 is 2.19 bits per heavy atom. The van der Waals surface area contributed by atoms with E-state index in [-0.39, 0.29) is 12.4 Å². The Balaban J connectivity index is 2.15. The molecule has 0 radical (unpaired) electrons. The van der Waals surface area contributed by atoms with Crippen molar-refractivity contribution in [1.82, 2.24) is 4.98 Å². The highest BCUT2D eigenvalue weighted by molar-refractivity contribution is 7.14. The molecule has 0 bridgehead atoms. The van der Waals surface area contributed by atoms with Crippen LogP contribution in [-0.2, 0) is 14.3 Å². The predicted molar refractivity (Wildman–Crippen MR) is 79.2 cm³/mol. The molecule has 110 valence electrons. The lowest BCUT2D eigenvalue weighted by Crippen LogP contribution is -2.24. The molecule has 2 rings (SSSR count). The second-order valence-corrected chi connectivity index (χ2v) is 5.07. The zero-order valence-electron chi connectivity index (χ0n) is 11.5. The summed E-state index contributed by atoms with van der Waals surface area (Å²) in [6.45, 7) is 3.62. The van der Waals surface area contributed by atoms with E-state index in [2.05, 4.69) is 15.0 Å². The zero-order chi connectivity index (χ0) is 15.4. The van der Waals surface area contributed by atoms with Gasteiger partial charge >= 0.3 is 11.9 Å². The van der Waals surface area contributed by atoms with E-state index in [0.29, 0.717) is 10.8 Å². The van der Waals surface area contributed by atoms with Gasteiger partial charge in [0.15, 0.2) is 5.13 Å². The molecule has 0 aliphatic rings. The molecule has 0 fully saturated rings. The number of phenols is 1. The molecule has 0 saturated heterocycles. The number of benzene rings is 1. The summed E-state index contributed by atoms with van der Waals surface area (Å²) in [6, 6.07) is 4.95. The van der Waals surface area contributed by atoms with E-state index in [1.807, 2.05) is 6.92 Å². The molecule has 21 heavy (non-hydrogen) atoms. The third-order valence-corrected chi connectivity index (χ3v) is 3.43. The highest BCUT2D eigenvalue weighted by atomic mass is 32.1. The number of nitrogens with zero attached hydrogens (tertiary/aromatic N) is 1. The fourth-order valence-corrected chi connectivity index (χ4v) is 2.44. The second-order valence-electron chi connectivity index (χ2n) is 4.21. The van der Waals surface area contributed by atoms with Crippen molar-refractivity contribution in [3.63, 3.8) is 0 Å². The van der Waals surface area contributed by atoms with Crippen LogP contribution < -0.4 is 5.32 Å². The van der Waals surface area contributed by atoms with Gasteiger partial charge in [0.05, 0.1) is 12.3 Å². The summed E-state index contributed by atoms with van der Waals surface area (Å²) in [7, 11) is 0. The predicted octanol–water partition coefficient (Wildman–Crippen LogP) is 2.33. The van der Waals surface area contributed by atoms with Gasteiger partial charge in [0.25, 0.3) is 0 Å². The number of aryl methyl sites for hydroxylation is 1. The van der Waals surface area contributed by atoms with E-state index >= 15 is 0 Å². The average molecular weight is 306 g/mol. The molecule has 1 aromatic heterocycles. The van der Waals surface area contributed by atoms with Gasteiger partial charge in [-0.3, -0.25) is 10.1 Å². The Bertz CT molecular complexity index is 681. The molecule has 1 aromatic carbocycles. The van der Waals surface area contributed by atoms with Crippen molar-refractivity contribution in [2.45, 2.75) is 13.8 Å². The van der Waals surface area contributed by atoms with Gasteiger partial charge in [0, 0.05) is 10.9 Å². The van der Waals surface area contributed by atoms with Crippen LogP contribution in [0.2, 0.25) is 0 Å². The Hall–Kier alpha value is -2.41. The van der Waals surface area contributed by atoms with Crippen molar-refractivity contribution in [1.29, 1.82) is 0 Å². The maximum absolute atomic E-state index is 11.5. The van der Waals surface area contributed by atoms with Crippen molar-refractivity contribution in [3.05, 3.63) is 29.1 Å². The summed E-state index contributed by atoms with van der Waals surface area (Å²) in [5.74, 6) is -1.60. The first kappa shape index (κ1) is 15.0. The molecule has 0 atom stereocenters. The number of esters is 1. The summed E-state index contributed by atoms with van der Waals surface area (Å²) in [5, 5.41) is 13.9. The number of anilines is 1. The van der Waals surface area contributed by atoms with Gasteiger partial charge in [-0.2, -0.15) is 0 Å². The summed E-state index contributed by atoms with van der Waals surface area (Å²) >= 11 is 1.21. The van der Waals surface area contributed by atoms with Crippen LogP contribution in [0.15, 0.2) is 23.6 Å². The number of carbonyl (C=O) groups excluding carboxylic acids is 2. The van der Waals surface area contributed by atoms with Crippen molar-refractivity contribution in [2.24, 2.45) is 0 Å². The maximum atomic E-state index is 11.5. The quantitative estimate of drug-likeness (QED) is 0.671. The van der Waals surface area contributed by atoms with Crippen LogP contribution in [0.25, 0.3) is 11.3 Å². The minimum atomic E-state index is -0.935. The minimum Gasteiger partial charge on any atom is -0.508 e. The molecule has 6 nitrogen and oxygen atoms in total. The molecular weight excluding hydrogens is 292 g/mol. The van der Waals surface area contributed by atoms with Crippen LogP contribution in [-0.4, -0.2) is 28.6 Å². The van der Waals surface area contributed by atoms with Gasteiger partial charge in [0.1, 0.15) is 5.75 Å². The van der Waals surface area contributed by atoms with Gasteiger partial charge in [-0.15, -0.1) is 11.3 Å². The number of hydrogen-bond donors (Lipinski definition) is 2. The Morgan fingerprint density at radius 1 is 1.43 bits per heavy atom. The molecule has 2 aromatic rings. The van der Waals surface area contributed by atoms with Gasteiger partial charge in [-0.1, -0.05) is 0 Å². The standard InChI is InChI=1S/C14H14N2O4S/c1-3-20-13(19)12(18)16-14-15-11(7-21-14)10-5-4-9(17)6-8(10)2/h4-7,17H,3H2,1-2H3,(H,15,16,18). The van der Waals surface area contributed by atoms with Gasteiger partial charge in [-0.05, 0) is 37.6 Å². The number of nitrogens with one attached hydrogen (secondary N) is 1. The largest absolute Gasteiger partial charge is 0.508 e. The van der Waals surface area contributed by atoms with E-state index in [1.54, 1.807) is 30.5 Å². The lowest BCUT2D eigenvalue weighted by atomic mass is 10.1. The number of amides is 1. The average Bonchev–Trinajstić information content (AvgIpc) is 2.87. The minimum absolute atomic E-state index is 0.141. The molecule has 1 amide bonds. The van der Waals surface area contributed by atoms with E-state index in [1.165, 1.54) is 11.3 Å². The number of aromatic nitrogens is 1. The van der Waals surface area contributed by atoms with Crippen LogP contribution in [0.4, 0.5) is 5.13 Å². The van der Waals surface area contributed by atoms with E-state index < -0.39 is 11.9 Å². The number of hydrogen-bond acceptors (Lipinski definition) is 6. The van der Waals surface area contributed by atoms with Crippen molar-refractivity contribution in [3.8, 4) is 17.0 Å². The molecule has 0 unspecified atom stereocenters. The number of ether oxygens (including phenoxy) is 1. The van der Waals surface area contributed by atoms with Crippen molar-refractivity contribution < 1.29 is 19.4 Å². The fraction of sp³-hybridized carbons (Fsp3) is 0.214. The molecule has 0 saturated carbocycles. The van der Waals surface area contributed by atoms with Crippen molar-refractivity contribution in [2.75, 3.05) is 11.9 Å². The summed E-state index contributed by atoms with van der Waals surface area (Å²) in [5.41, 5.74) is 2.38. The summed E-state index contributed by atoms with van der Waals surface area (Å²) in [4.78, 5) is 27.0. The van der Waals surface area contributed by atoms with E-state index in [0.717, 1.165) is 11.1 Å². The zero-order valence-corrected chi connectivity index (χ0v) is 12.4. The number of aromatic hydroxyl groups is 1. The summed E-state index contributed by atoms with van der Waals surface area (Å²) in [6.07, 6.45) is 0. The highest BCUT2D eigenvalue weighted by Crippen LogP contribution is 2.29. The van der Waals surface area contributed by atoms with Crippen LogP contribution >= 0.6 is 11.3 Å². The smallest absolute Gasteiger partial charge is 0.397 e. The Morgan fingerprint density at radius 3 is 2.86 bits per heavy atom. The Kier molecular flexibility index (Phi) is 4.54. The van der Waals surface area contributed by atoms with Crippen LogP contribution in [0.1, 0.15) is 12.5 Å². The summed E-state index contributed by atoms with van der Waals surface area (Å²) < 4.78 is 4.60. The number of carbonyl (C=O) groups is 2. The topological polar surface area (TPSA) is 88.5 Å². The van der Waals surface area contributed by atoms with Crippen LogP contribution in [0.3, 0.4) is 0 Å². The van der Waals surface area contributed by atoms with Gasteiger partial charge in [0.2, 0.25) is 0 Å². The first-order valence-electron chi connectivity index (χ1n) is 6.25. The Labute approximate surface area is 125 Å². The lowest BCUT2D eigenvalue weighted by Gasteiger charge is -2.03. The normalized spacial score (nSPS) is 10.2. The van der Waals surface area contributed by atoms with E-state index in [4.69, 9.17) is 0 Å². The monoisotopic (exact) mass is 306 g/mol. The third kappa shape index (κ3) is 3.57. The lowest BCUT2D eigenvalue weighted by molar-refractivity contribution is -0.152. The first-order chi connectivity index (χ1) is 10.0. The van der Waals surface area contributed by atoms with Gasteiger partial charge < -0.3 is 9.84 Å². The molecule has 2 N–H and O–H groups in total. The highest BCUT2D eigenvalue weighted by Gasteiger charge is 2.17. The van der Waals surface area contributed by atoms with Gasteiger partial charge in [-0.25, -0.2) is 9.78 Å². The number of thiazole rings is 1.